The summed E-state index contributed by atoms with van der Waals surface area (Å²) in [4.78, 5) is 10.1. The van der Waals surface area contributed by atoms with Crippen LogP contribution in [0, 0.1) is 10.8 Å². The molecule has 0 saturated carbocycles. The number of hydrogen-bond donors (Lipinski definition) is 0. The van der Waals surface area contributed by atoms with Crippen LogP contribution in [-0.2, 0) is 9.78 Å². The highest BCUT2D eigenvalue weighted by Gasteiger charge is 2.44. The van der Waals surface area contributed by atoms with Crippen LogP contribution in [-0.4, -0.2) is 12.2 Å². The first-order valence-electron chi connectivity index (χ1n) is 5.04. The van der Waals surface area contributed by atoms with Gasteiger partial charge in [-0.1, -0.05) is 34.6 Å². The predicted molar refractivity (Wildman–Crippen MR) is 53.3 cm³/mol. The van der Waals surface area contributed by atoms with Gasteiger partial charge in [-0.3, -0.25) is 0 Å². The quantitative estimate of drug-likeness (QED) is 0.617. The molecule has 2 atom stereocenters. The normalized spacial score (nSPS) is 30.0. The lowest BCUT2D eigenvalue weighted by atomic mass is 9.71. The molecule has 0 aromatic carbocycles. The summed E-state index contributed by atoms with van der Waals surface area (Å²) in [5.74, 6) is 0. The van der Waals surface area contributed by atoms with Crippen molar-refractivity contribution in [3.05, 3.63) is 0 Å². The summed E-state index contributed by atoms with van der Waals surface area (Å²) >= 11 is 0. The summed E-state index contributed by atoms with van der Waals surface area (Å²) in [6.45, 7) is 13.4. The maximum Gasteiger partial charge on any atom is 0.127 e. The predicted octanol–water partition coefficient (Wildman–Crippen LogP) is 3.17. The van der Waals surface area contributed by atoms with Gasteiger partial charge in [-0.2, -0.15) is 0 Å². The van der Waals surface area contributed by atoms with Gasteiger partial charge < -0.3 is 0 Å². The first-order valence-corrected chi connectivity index (χ1v) is 5.04. The van der Waals surface area contributed by atoms with Crippen molar-refractivity contribution in [2.24, 2.45) is 10.8 Å². The molecule has 0 radical (unpaired) electrons. The Kier molecular flexibility index (Phi) is 2.75. The molecule has 1 rings (SSSR count). The van der Waals surface area contributed by atoms with Crippen molar-refractivity contribution in [1.82, 2.24) is 0 Å². The lowest BCUT2D eigenvalue weighted by Gasteiger charge is -2.45. The third kappa shape index (κ3) is 2.68. The van der Waals surface area contributed by atoms with Crippen molar-refractivity contribution >= 4 is 0 Å². The van der Waals surface area contributed by atoms with E-state index in [9.17, 15) is 0 Å². The Morgan fingerprint density at radius 2 is 1.54 bits per heavy atom. The Labute approximate surface area is 81.5 Å². The van der Waals surface area contributed by atoms with Crippen LogP contribution in [0.5, 0.6) is 0 Å². The fourth-order valence-corrected chi connectivity index (χ4v) is 2.46. The molecule has 2 heteroatoms. The summed E-state index contributed by atoms with van der Waals surface area (Å²) in [7, 11) is 0. The van der Waals surface area contributed by atoms with E-state index in [4.69, 9.17) is 9.78 Å². The van der Waals surface area contributed by atoms with Crippen molar-refractivity contribution in [2.45, 2.75) is 60.2 Å². The van der Waals surface area contributed by atoms with Gasteiger partial charge in [0.25, 0.3) is 0 Å². The van der Waals surface area contributed by atoms with Crippen LogP contribution in [0.1, 0.15) is 48.0 Å². The molecule has 2 unspecified atom stereocenters. The van der Waals surface area contributed by atoms with Crippen LogP contribution in [0.2, 0.25) is 0 Å². The third-order valence-corrected chi connectivity index (χ3v) is 2.49. The van der Waals surface area contributed by atoms with E-state index in [1.165, 1.54) is 0 Å². The topological polar surface area (TPSA) is 18.5 Å². The number of hydrogen-bond acceptors (Lipinski definition) is 2. The largest absolute Gasteiger partial charge is 0.230 e. The van der Waals surface area contributed by atoms with E-state index < -0.39 is 0 Å². The second-order valence-electron chi connectivity index (χ2n) is 6.04. The van der Waals surface area contributed by atoms with Crippen molar-refractivity contribution in [1.29, 1.82) is 0 Å². The Bertz CT molecular complexity index is 179. The molecule has 0 spiro atoms. The highest BCUT2D eigenvalue weighted by Crippen LogP contribution is 2.42. The molecule has 0 N–H and O–H groups in total. The zero-order chi connectivity index (χ0) is 10.3. The van der Waals surface area contributed by atoms with Crippen LogP contribution in [0.4, 0.5) is 0 Å². The van der Waals surface area contributed by atoms with E-state index in [1.54, 1.807) is 0 Å². The molecule has 78 valence electrons. The molecular weight excluding hydrogens is 164 g/mol. The molecule has 0 amide bonds. The maximum atomic E-state index is 5.15. The summed E-state index contributed by atoms with van der Waals surface area (Å²) in [6, 6.07) is 0. The zero-order valence-electron chi connectivity index (χ0n) is 9.68. The minimum absolute atomic E-state index is 0.204. The minimum Gasteiger partial charge on any atom is -0.230 e. The second kappa shape index (κ2) is 3.25. The molecule has 2 nitrogen and oxygen atoms in total. The Morgan fingerprint density at radius 3 is 1.77 bits per heavy atom. The van der Waals surface area contributed by atoms with Gasteiger partial charge in [0.1, 0.15) is 12.2 Å². The molecule has 0 aromatic heterocycles. The smallest absolute Gasteiger partial charge is 0.127 e. The van der Waals surface area contributed by atoms with E-state index in [0.29, 0.717) is 5.41 Å². The average Bonchev–Trinajstić information content (AvgIpc) is 1.76. The Balaban J connectivity index is 2.55. The monoisotopic (exact) mass is 186 g/mol. The van der Waals surface area contributed by atoms with Gasteiger partial charge in [-0.05, 0) is 24.2 Å². The fourth-order valence-electron chi connectivity index (χ4n) is 2.46. The van der Waals surface area contributed by atoms with E-state index in [0.717, 1.165) is 6.42 Å². The standard InChI is InChI=1S/C11H22O2/c1-8-9(13-12-8)11(5,6)7-10(2,3)4/h8-9H,7H2,1-6H3. The van der Waals surface area contributed by atoms with Gasteiger partial charge >= 0.3 is 0 Å². The van der Waals surface area contributed by atoms with Crippen molar-refractivity contribution in [3.8, 4) is 0 Å². The SMILES string of the molecule is CC1OOC1C(C)(C)CC(C)(C)C. The highest BCUT2D eigenvalue weighted by atomic mass is 17.2. The first-order chi connectivity index (χ1) is 5.72. The van der Waals surface area contributed by atoms with Gasteiger partial charge in [-0.25, -0.2) is 9.78 Å². The molecule has 1 aliphatic heterocycles. The highest BCUT2D eigenvalue weighted by molar-refractivity contribution is 4.88. The van der Waals surface area contributed by atoms with E-state index in [2.05, 4.69) is 41.5 Å². The molecule has 1 saturated heterocycles. The summed E-state index contributed by atoms with van der Waals surface area (Å²) in [5, 5.41) is 0. The van der Waals surface area contributed by atoms with Gasteiger partial charge in [0.2, 0.25) is 0 Å². The van der Waals surface area contributed by atoms with Gasteiger partial charge in [-0.15, -0.1) is 0 Å². The van der Waals surface area contributed by atoms with Gasteiger partial charge in [0.15, 0.2) is 0 Å². The lowest BCUT2D eigenvalue weighted by Crippen LogP contribution is -2.51. The van der Waals surface area contributed by atoms with Crippen LogP contribution >= 0.6 is 0 Å². The summed E-state index contributed by atoms with van der Waals surface area (Å²) in [6.07, 6.45) is 1.65. The molecular formula is C11H22O2. The molecule has 1 aliphatic rings. The van der Waals surface area contributed by atoms with Crippen LogP contribution in [0.15, 0.2) is 0 Å². The third-order valence-electron chi connectivity index (χ3n) is 2.49. The Hall–Kier alpha value is -0.0800. The maximum absolute atomic E-state index is 5.15. The lowest BCUT2D eigenvalue weighted by molar-refractivity contribution is -0.479. The molecule has 0 bridgehead atoms. The molecule has 0 aliphatic carbocycles. The summed E-state index contributed by atoms with van der Waals surface area (Å²) in [5.41, 5.74) is 0.554. The van der Waals surface area contributed by atoms with Crippen molar-refractivity contribution in [3.63, 3.8) is 0 Å². The molecule has 13 heavy (non-hydrogen) atoms. The van der Waals surface area contributed by atoms with Crippen LogP contribution in [0.3, 0.4) is 0 Å². The van der Waals surface area contributed by atoms with Gasteiger partial charge in [0.05, 0.1) is 0 Å². The zero-order valence-corrected chi connectivity index (χ0v) is 9.68. The minimum atomic E-state index is 0.204. The molecule has 1 heterocycles. The molecule has 1 fully saturated rings. The van der Waals surface area contributed by atoms with Crippen molar-refractivity contribution in [2.75, 3.05) is 0 Å². The average molecular weight is 186 g/mol. The second-order valence-corrected chi connectivity index (χ2v) is 6.04. The first kappa shape index (κ1) is 11.0. The molecule has 0 aromatic rings. The number of rotatable bonds is 2. The van der Waals surface area contributed by atoms with E-state index >= 15 is 0 Å². The van der Waals surface area contributed by atoms with Gasteiger partial charge in [0, 0.05) is 0 Å². The van der Waals surface area contributed by atoms with Crippen LogP contribution in [0.25, 0.3) is 0 Å². The summed E-state index contributed by atoms with van der Waals surface area (Å²) < 4.78 is 0. The van der Waals surface area contributed by atoms with E-state index in [-0.39, 0.29) is 17.6 Å². The van der Waals surface area contributed by atoms with Crippen molar-refractivity contribution < 1.29 is 9.78 Å². The van der Waals surface area contributed by atoms with Crippen LogP contribution < -0.4 is 0 Å². The fraction of sp³-hybridized carbons (Fsp3) is 1.00. The van der Waals surface area contributed by atoms with E-state index in [1.807, 2.05) is 0 Å². The Morgan fingerprint density at radius 1 is 1.00 bits per heavy atom.